The van der Waals surface area contributed by atoms with Crippen LogP contribution in [0.2, 0.25) is 0 Å². The molecule has 0 unspecified atom stereocenters. The Morgan fingerprint density at radius 2 is 1.92 bits per heavy atom. The Bertz CT molecular complexity index is 903. The van der Waals surface area contributed by atoms with Gasteiger partial charge in [-0.1, -0.05) is 19.1 Å². The molecular formula is C18H19N5O2. The number of hydrogen-bond acceptors (Lipinski definition) is 4. The highest BCUT2D eigenvalue weighted by Crippen LogP contribution is 2.13. The molecule has 0 aliphatic carbocycles. The largest absolute Gasteiger partial charge is 0.348 e. The molecule has 7 nitrogen and oxygen atoms in total. The van der Waals surface area contributed by atoms with Gasteiger partial charge in [-0.25, -0.2) is 0 Å². The molecule has 0 saturated heterocycles. The molecule has 0 radical (unpaired) electrons. The molecule has 3 rings (SSSR count). The maximum Gasteiger partial charge on any atom is 0.251 e. The third kappa shape index (κ3) is 4.20. The van der Waals surface area contributed by atoms with E-state index in [0.29, 0.717) is 29.6 Å². The number of carbonyl (C=O) groups is 2. The number of hydrogen-bond donors (Lipinski definition) is 3. The van der Waals surface area contributed by atoms with Gasteiger partial charge in [-0.3, -0.25) is 9.59 Å². The molecule has 128 valence electrons. The molecule has 0 aliphatic rings. The van der Waals surface area contributed by atoms with Crippen LogP contribution in [0.25, 0.3) is 11.0 Å². The van der Waals surface area contributed by atoms with E-state index >= 15 is 0 Å². The molecule has 0 bridgehead atoms. The number of rotatable bonds is 6. The second-order valence-corrected chi connectivity index (χ2v) is 5.71. The van der Waals surface area contributed by atoms with Crippen LogP contribution in [0, 0.1) is 0 Å². The van der Waals surface area contributed by atoms with E-state index in [0.717, 1.165) is 17.7 Å². The number of amides is 2. The summed E-state index contributed by atoms with van der Waals surface area (Å²) in [5.74, 6) is -0.199. The summed E-state index contributed by atoms with van der Waals surface area (Å²) >= 11 is 0. The molecule has 0 fully saturated rings. The lowest BCUT2D eigenvalue weighted by Crippen LogP contribution is -2.22. The van der Waals surface area contributed by atoms with Crippen molar-refractivity contribution in [3.63, 3.8) is 0 Å². The van der Waals surface area contributed by atoms with Crippen molar-refractivity contribution in [1.29, 1.82) is 0 Å². The van der Waals surface area contributed by atoms with E-state index in [4.69, 9.17) is 0 Å². The van der Waals surface area contributed by atoms with Crippen LogP contribution in [0.15, 0.2) is 42.5 Å². The van der Waals surface area contributed by atoms with Crippen molar-refractivity contribution in [2.45, 2.75) is 26.3 Å². The fraction of sp³-hybridized carbons (Fsp3) is 0.222. The maximum absolute atomic E-state index is 12.3. The van der Waals surface area contributed by atoms with Gasteiger partial charge < -0.3 is 10.6 Å². The van der Waals surface area contributed by atoms with Crippen molar-refractivity contribution in [2.24, 2.45) is 0 Å². The maximum atomic E-state index is 12.3. The van der Waals surface area contributed by atoms with Crippen molar-refractivity contribution in [1.82, 2.24) is 20.7 Å². The fourth-order valence-corrected chi connectivity index (χ4v) is 2.48. The molecule has 0 aliphatic heterocycles. The molecule has 1 heterocycles. The van der Waals surface area contributed by atoms with Gasteiger partial charge in [-0.05, 0) is 42.3 Å². The predicted octanol–water partition coefficient (Wildman–Crippen LogP) is 2.63. The topological polar surface area (TPSA) is 99.8 Å². The quantitative estimate of drug-likeness (QED) is 0.644. The molecule has 3 aromatic rings. The van der Waals surface area contributed by atoms with E-state index in [1.807, 2.05) is 31.2 Å². The summed E-state index contributed by atoms with van der Waals surface area (Å²) in [5.41, 5.74) is 3.52. The predicted molar refractivity (Wildman–Crippen MR) is 95.0 cm³/mol. The van der Waals surface area contributed by atoms with E-state index in [2.05, 4.69) is 26.0 Å². The number of fused-ring (bicyclic) bond motifs is 1. The van der Waals surface area contributed by atoms with E-state index in [9.17, 15) is 9.59 Å². The minimum absolute atomic E-state index is 0.00963. The second kappa shape index (κ2) is 7.57. The molecular weight excluding hydrogens is 318 g/mol. The number of nitrogens with zero attached hydrogens (tertiary/aromatic N) is 2. The van der Waals surface area contributed by atoms with Crippen molar-refractivity contribution >= 4 is 28.5 Å². The van der Waals surface area contributed by atoms with Crippen molar-refractivity contribution in [3.8, 4) is 0 Å². The van der Waals surface area contributed by atoms with Crippen LogP contribution in [-0.4, -0.2) is 27.2 Å². The van der Waals surface area contributed by atoms with Crippen LogP contribution < -0.4 is 10.6 Å². The minimum Gasteiger partial charge on any atom is -0.348 e. The average Bonchev–Trinajstić information content (AvgIpc) is 3.08. The van der Waals surface area contributed by atoms with Crippen LogP contribution in [-0.2, 0) is 11.3 Å². The standard InChI is InChI=1S/C18H19N5O2/c1-2-4-17(24)20-14-6-3-5-12(9-14)11-19-18(25)13-7-8-15-16(10-13)22-23-21-15/h3,5-10H,2,4,11H2,1H3,(H,19,25)(H,20,24)(H,21,22,23). The Balaban J connectivity index is 1.62. The van der Waals surface area contributed by atoms with Crippen LogP contribution >= 0.6 is 0 Å². The van der Waals surface area contributed by atoms with E-state index in [1.54, 1.807) is 18.2 Å². The smallest absolute Gasteiger partial charge is 0.251 e. The van der Waals surface area contributed by atoms with Gasteiger partial charge in [0.15, 0.2) is 0 Å². The van der Waals surface area contributed by atoms with Gasteiger partial charge in [-0.15, -0.1) is 0 Å². The summed E-state index contributed by atoms with van der Waals surface area (Å²) < 4.78 is 0. The van der Waals surface area contributed by atoms with Gasteiger partial charge in [0.2, 0.25) is 5.91 Å². The third-order valence-electron chi connectivity index (χ3n) is 3.72. The zero-order valence-electron chi connectivity index (χ0n) is 13.9. The zero-order chi connectivity index (χ0) is 17.6. The first kappa shape index (κ1) is 16.6. The third-order valence-corrected chi connectivity index (χ3v) is 3.72. The Hall–Kier alpha value is -3.22. The molecule has 0 saturated carbocycles. The van der Waals surface area contributed by atoms with Gasteiger partial charge in [0.25, 0.3) is 5.91 Å². The first-order valence-corrected chi connectivity index (χ1v) is 8.13. The van der Waals surface area contributed by atoms with Crippen molar-refractivity contribution < 1.29 is 9.59 Å². The van der Waals surface area contributed by atoms with E-state index in [1.165, 1.54) is 0 Å². The number of nitrogens with one attached hydrogen (secondary N) is 3. The molecule has 1 aromatic heterocycles. The Morgan fingerprint density at radius 3 is 2.76 bits per heavy atom. The number of carbonyl (C=O) groups excluding carboxylic acids is 2. The van der Waals surface area contributed by atoms with Crippen LogP contribution in [0.5, 0.6) is 0 Å². The van der Waals surface area contributed by atoms with Gasteiger partial charge >= 0.3 is 0 Å². The Kier molecular flexibility index (Phi) is 5.03. The average molecular weight is 337 g/mol. The summed E-state index contributed by atoms with van der Waals surface area (Å²) in [5, 5.41) is 16.2. The molecule has 0 spiro atoms. The molecule has 2 amide bonds. The molecule has 2 aromatic carbocycles. The Labute approximate surface area is 144 Å². The molecule has 7 heteroatoms. The lowest BCUT2D eigenvalue weighted by atomic mass is 10.1. The van der Waals surface area contributed by atoms with Crippen molar-refractivity contribution in [2.75, 3.05) is 5.32 Å². The van der Waals surface area contributed by atoms with E-state index < -0.39 is 0 Å². The van der Waals surface area contributed by atoms with Gasteiger partial charge in [0.05, 0.1) is 0 Å². The molecule has 0 atom stereocenters. The summed E-state index contributed by atoms with van der Waals surface area (Å²) in [6.45, 7) is 2.33. The van der Waals surface area contributed by atoms with E-state index in [-0.39, 0.29) is 11.8 Å². The highest BCUT2D eigenvalue weighted by molar-refractivity contribution is 5.97. The summed E-state index contributed by atoms with van der Waals surface area (Å²) in [6, 6.07) is 12.6. The number of H-pyrrole nitrogens is 1. The minimum atomic E-state index is -0.190. The summed E-state index contributed by atoms with van der Waals surface area (Å²) in [7, 11) is 0. The molecule has 3 N–H and O–H groups in total. The number of benzene rings is 2. The first-order chi connectivity index (χ1) is 12.2. The monoisotopic (exact) mass is 337 g/mol. The SMILES string of the molecule is CCCC(=O)Nc1cccc(CNC(=O)c2ccc3n[nH]nc3c2)c1. The van der Waals surface area contributed by atoms with Gasteiger partial charge in [0, 0.05) is 24.2 Å². The van der Waals surface area contributed by atoms with Crippen LogP contribution in [0.1, 0.15) is 35.7 Å². The Morgan fingerprint density at radius 1 is 1.08 bits per heavy atom. The highest BCUT2D eigenvalue weighted by Gasteiger charge is 2.08. The fourth-order valence-electron chi connectivity index (χ4n) is 2.48. The van der Waals surface area contributed by atoms with Crippen molar-refractivity contribution in [3.05, 3.63) is 53.6 Å². The normalized spacial score (nSPS) is 10.6. The summed E-state index contributed by atoms with van der Waals surface area (Å²) in [4.78, 5) is 24.0. The number of aromatic amines is 1. The van der Waals surface area contributed by atoms with Crippen LogP contribution in [0.4, 0.5) is 5.69 Å². The number of anilines is 1. The highest BCUT2D eigenvalue weighted by atomic mass is 16.2. The lowest BCUT2D eigenvalue weighted by molar-refractivity contribution is -0.116. The van der Waals surface area contributed by atoms with Gasteiger partial charge in [-0.2, -0.15) is 15.4 Å². The molecule has 25 heavy (non-hydrogen) atoms. The summed E-state index contributed by atoms with van der Waals surface area (Å²) in [6.07, 6.45) is 1.29. The lowest BCUT2D eigenvalue weighted by Gasteiger charge is -2.08. The first-order valence-electron chi connectivity index (χ1n) is 8.13. The van der Waals surface area contributed by atoms with Crippen LogP contribution in [0.3, 0.4) is 0 Å². The second-order valence-electron chi connectivity index (χ2n) is 5.71. The number of aromatic nitrogens is 3. The van der Waals surface area contributed by atoms with Gasteiger partial charge in [0.1, 0.15) is 11.0 Å². The zero-order valence-corrected chi connectivity index (χ0v) is 13.9.